The highest BCUT2D eigenvalue weighted by molar-refractivity contribution is 4.91. The molecule has 0 aliphatic carbocycles. The van der Waals surface area contributed by atoms with Crippen LogP contribution in [0.15, 0.2) is 0 Å². The van der Waals surface area contributed by atoms with Gasteiger partial charge in [0.05, 0.1) is 0 Å². The van der Waals surface area contributed by atoms with Crippen LogP contribution in [0.1, 0.15) is 27.7 Å². The Balaban J connectivity index is 4.75. The van der Waals surface area contributed by atoms with Gasteiger partial charge in [-0.3, -0.25) is 0 Å². The molecule has 2 N–H and O–H groups in total. The van der Waals surface area contributed by atoms with Crippen LogP contribution in [-0.2, 0) is 0 Å². The van der Waals surface area contributed by atoms with Gasteiger partial charge >= 0.3 is 6.18 Å². The zero-order valence-electron chi connectivity index (χ0n) is 7.13. The predicted octanol–water partition coefficient (Wildman–Crippen LogP) is 2.08. The summed E-state index contributed by atoms with van der Waals surface area (Å²) >= 11 is 0. The van der Waals surface area contributed by atoms with E-state index in [4.69, 9.17) is 5.11 Å². The zero-order chi connectivity index (χ0) is 9.50. The third kappa shape index (κ3) is 1.86. The minimum atomic E-state index is -4.31. The summed E-state index contributed by atoms with van der Waals surface area (Å²) in [6, 6.07) is 0. The summed E-state index contributed by atoms with van der Waals surface area (Å²) in [6.07, 6.45) is -4.31. The van der Waals surface area contributed by atoms with Crippen molar-refractivity contribution in [3.63, 3.8) is 0 Å². The van der Waals surface area contributed by atoms with Crippen LogP contribution in [0.25, 0.3) is 0 Å². The highest BCUT2D eigenvalue weighted by Gasteiger charge is 2.59. The largest absolute Gasteiger partial charge is 0.441 e. The average Bonchev–Trinajstić information content (AvgIpc) is 1.58. The molecule has 0 rings (SSSR count). The molecule has 0 aromatic carbocycles. The highest BCUT2D eigenvalue weighted by Crippen LogP contribution is 2.45. The molecular formula is C7H14F3O+. The Morgan fingerprint density at radius 3 is 1.18 bits per heavy atom. The van der Waals surface area contributed by atoms with Gasteiger partial charge in [-0.25, -0.2) is 0 Å². The second kappa shape index (κ2) is 2.37. The quantitative estimate of drug-likeness (QED) is 0.539. The van der Waals surface area contributed by atoms with E-state index in [-0.39, 0.29) is 0 Å². The summed E-state index contributed by atoms with van der Waals surface area (Å²) in [6.45, 7) is 4.61. The van der Waals surface area contributed by atoms with Crippen molar-refractivity contribution in [2.45, 2.75) is 39.5 Å². The molecule has 4 heteroatoms. The maximum absolute atomic E-state index is 12.2. The SMILES string of the molecule is CC(C)([OH2+])C(C)(C)C(F)(F)F. The Bertz CT molecular complexity index is 125. The zero-order valence-corrected chi connectivity index (χ0v) is 7.13. The Hall–Kier alpha value is -0.250. The molecule has 68 valence electrons. The topological polar surface area (TPSA) is 22.9 Å². The van der Waals surface area contributed by atoms with E-state index < -0.39 is 17.2 Å². The second-order valence-electron chi connectivity index (χ2n) is 3.75. The van der Waals surface area contributed by atoms with Crippen molar-refractivity contribution in [1.82, 2.24) is 0 Å². The first-order valence-corrected chi connectivity index (χ1v) is 3.32. The van der Waals surface area contributed by atoms with Crippen LogP contribution >= 0.6 is 0 Å². The van der Waals surface area contributed by atoms with Gasteiger partial charge in [0.1, 0.15) is 5.41 Å². The van der Waals surface area contributed by atoms with Crippen molar-refractivity contribution in [1.29, 1.82) is 0 Å². The summed E-state index contributed by atoms with van der Waals surface area (Å²) in [4.78, 5) is 0. The lowest BCUT2D eigenvalue weighted by Gasteiger charge is -2.34. The van der Waals surface area contributed by atoms with E-state index in [1.165, 1.54) is 13.8 Å². The van der Waals surface area contributed by atoms with Gasteiger partial charge in [-0.15, -0.1) is 0 Å². The van der Waals surface area contributed by atoms with E-state index in [1.807, 2.05) is 0 Å². The molecule has 0 aliphatic heterocycles. The maximum Gasteiger partial charge on any atom is 0.401 e. The smallest absolute Gasteiger partial charge is 0.401 e. The molecule has 0 radical (unpaired) electrons. The molecular weight excluding hydrogens is 157 g/mol. The fraction of sp³-hybridized carbons (Fsp3) is 1.00. The molecule has 0 aromatic rings. The van der Waals surface area contributed by atoms with E-state index in [0.29, 0.717) is 0 Å². The molecule has 0 fully saturated rings. The van der Waals surface area contributed by atoms with E-state index in [2.05, 4.69) is 0 Å². The van der Waals surface area contributed by atoms with Crippen molar-refractivity contribution in [3.05, 3.63) is 0 Å². The lowest BCUT2D eigenvalue weighted by Crippen LogP contribution is -2.49. The molecule has 0 heterocycles. The molecule has 0 unspecified atom stereocenters. The van der Waals surface area contributed by atoms with Crippen LogP contribution in [0.4, 0.5) is 13.2 Å². The van der Waals surface area contributed by atoms with Crippen LogP contribution in [0.5, 0.6) is 0 Å². The first kappa shape index (κ1) is 10.8. The minimum Gasteiger partial charge on any atom is -0.441 e. The number of hydrogen-bond acceptors (Lipinski definition) is 0. The lowest BCUT2D eigenvalue weighted by atomic mass is 9.77. The molecule has 0 aromatic heterocycles. The van der Waals surface area contributed by atoms with Crippen molar-refractivity contribution < 1.29 is 18.3 Å². The maximum atomic E-state index is 12.2. The molecule has 0 bridgehead atoms. The van der Waals surface area contributed by atoms with Crippen molar-refractivity contribution in [3.8, 4) is 0 Å². The Kier molecular flexibility index (Phi) is 2.32. The minimum absolute atomic E-state index is 1.04. The fourth-order valence-corrected chi connectivity index (χ4v) is 0.354. The van der Waals surface area contributed by atoms with Gasteiger partial charge in [0.15, 0.2) is 5.60 Å². The average molecular weight is 171 g/mol. The Labute approximate surface area is 64.2 Å². The molecule has 1 nitrogen and oxygen atoms in total. The third-order valence-corrected chi connectivity index (χ3v) is 2.27. The van der Waals surface area contributed by atoms with Crippen LogP contribution in [0.2, 0.25) is 0 Å². The van der Waals surface area contributed by atoms with E-state index >= 15 is 0 Å². The van der Waals surface area contributed by atoms with Gasteiger partial charge in [0.2, 0.25) is 0 Å². The first-order valence-electron chi connectivity index (χ1n) is 3.32. The number of alkyl halides is 3. The van der Waals surface area contributed by atoms with Gasteiger partial charge in [0, 0.05) is 13.8 Å². The summed E-state index contributed by atoms with van der Waals surface area (Å²) in [5.41, 5.74) is -3.45. The second-order valence-corrected chi connectivity index (χ2v) is 3.75. The summed E-state index contributed by atoms with van der Waals surface area (Å²) in [7, 11) is 0. The monoisotopic (exact) mass is 171 g/mol. The van der Waals surface area contributed by atoms with E-state index in [1.54, 1.807) is 0 Å². The normalized spacial score (nSPS) is 15.3. The predicted molar refractivity (Wildman–Crippen MR) is 37.5 cm³/mol. The molecule has 0 spiro atoms. The summed E-state index contributed by atoms with van der Waals surface area (Å²) in [5.74, 6) is 0. The van der Waals surface area contributed by atoms with Crippen molar-refractivity contribution in [2.24, 2.45) is 5.41 Å². The summed E-state index contributed by atoms with van der Waals surface area (Å²) < 4.78 is 36.6. The van der Waals surface area contributed by atoms with Crippen molar-refractivity contribution in [2.75, 3.05) is 0 Å². The molecule has 0 amide bonds. The van der Waals surface area contributed by atoms with E-state index in [0.717, 1.165) is 13.8 Å². The fourth-order valence-electron chi connectivity index (χ4n) is 0.354. The van der Waals surface area contributed by atoms with Crippen molar-refractivity contribution >= 4 is 0 Å². The molecule has 11 heavy (non-hydrogen) atoms. The van der Waals surface area contributed by atoms with E-state index in [9.17, 15) is 13.2 Å². The Morgan fingerprint density at radius 1 is 0.909 bits per heavy atom. The van der Waals surface area contributed by atoms with Gasteiger partial charge in [-0.2, -0.15) is 13.2 Å². The van der Waals surface area contributed by atoms with Crippen LogP contribution < -0.4 is 0 Å². The number of rotatable bonds is 1. The number of hydrogen-bond donors (Lipinski definition) is 0. The first-order chi connectivity index (χ1) is 4.50. The van der Waals surface area contributed by atoms with Crippen LogP contribution in [0.3, 0.4) is 0 Å². The Morgan fingerprint density at radius 2 is 1.18 bits per heavy atom. The van der Waals surface area contributed by atoms with Gasteiger partial charge in [-0.1, -0.05) is 0 Å². The third-order valence-electron chi connectivity index (χ3n) is 2.27. The molecule has 0 saturated carbocycles. The molecule has 0 aliphatic rings. The lowest BCUT2D eigenvalue weighted by molar-refractivity contribution is -0.262. The molecule has 0 saturated heterocycles. The number of halogens is 3. The van der Waals surface area contributed by atoms with Gasteiger partial charge in [-0.05, 0) is 13.8 Å². The van der Waals surface area contributed by atoms with Gasteiger partial charge < -0.3 is 5.11 Å². The highest BCUT2D eigenvalue weighted by atomic mass is 19.4. The summed E-state index contributed by atoms with van der Waals surface area (Å²) in [5, 5.41) is 7.27. The standard InChI is InChI=1S/C7H13F3O/c1-5(2,6(3,4)11)7(8,9)10/h11H,1-4H3/p+1. The molecule has 0 atom stereocenters. The van der Waals surface area contributed by atoms with Crippen LogP contribution in [0, 0.1) is 5.41 Å². The van der Waals surface area contributed by atoms with Crippen LogP contribution in [-0.4, -0.2) is 16.9 Å². The van der Waals surface area contributed by atoms with Gasteiger partial charge in [0.25, 0.3) is 0 Å².